The molecule has 0 fully saturated rings. The predicted octanol–water partition coefficient (Wildman–Crippen LogP) is 4.60. The van der Waals surface area contributed by atoms with Crippen LogP contribution in [0.1, 0.15) is 39.5 Å². The summed E-state index contributed by atoms with van der Waals surface area (Å²) in [6, 6.07) is 0. The molecule has 0 spiro atoms. The van der Waals surface area contributed by atoms with Gasteiger partial charge in [-0.15, -0.1) is 0 Å². The normalized spacial score (nSPS) is 13.5. The summed E-state index contributed by atoms with van der Waals surface area (Å²) in [4.78, 5) is 2.58. The van der Waals surface area contributed by atoms with Gasteiger partial charge in [-0.1, -0.05) is 0 Å². The zero-order valence-corrected chi connectivity index (χ0v) is 12.5. The van der Waals surface area contributed by atoms with Crippen LogP contribution in [0.2, 0.25) is 13.9 Å². The second-order valence-corrected chi connectivity index (χ2v) is 26.5. The van der Waals surface area contributed by atoms with Crippen molar-refractivity contribution in [1.29, 1.82) is 0 Å². The van der Waals surface area contributed by atoms with Crippen molar-refractivity contribution in [3.8, 4) is 0 Å². The Labute approximate surface area is 85.6 Å². The van der Waals surface area contributed by atoms with Crippen molar-refractivity contribution in [2.75, 3.05) is 0 Å². The molecule has 2 heteroatoms. The molecule has 0 heterocycles. The molecule has 0 radical (unpaired) electrons. The van der Waals surface area contributed by atoms with Gasteiger partial charge in [0.05, 0.1) is 0 Å². The van der Waals surface area contributed by atoms with Crippen LogP contribution in [0.4, 0.5) is 0 Å². The van der Waals surface area contributed by atoms with Crippen LogP contribution in [0.25, 0.3) is 0 Å². The molecule has 0 aliphatic carbocycles. The Kier molecular flexibility index (Phi) is 7.94. The second kappa shape index (κ2) is 6.97. The third-order valence-corrected chi connectivity index (χ3v) is 14.3. The minimum atomic E-state index is -1.27. The van der Waals surface area contributed by atoms with Crippen molar-refractivity contribution >= 4 is 32.9 Å². The Bertz CT molecular complexity index is 81.6. The van der Waals surface area contributed by atoms with Crippen molar-refractivity contribution in [2.24, 2.45) is 0 Å². The Balaban J connectivity index is 3.43. The molecule has 0 bridgehead atoms. The molecule has 11 heavy (non-hydrogen) atoms. The van der Waals surface area contributed by atoms with Gasteiger partial charge < -0.3 is 0 Å². The molecule has 0 unspecified atom stereocenters. The van der Waals surface area contributed by atoms with Crippen LogP contribution in [0.5, 0.6) is 0 Å². The maximum absolute atomic E-state index is 2.81. The monoisotopic (exact) mass is 386 g/mol. The van der Waals surface area contributed by atoms with E-state index in [9.17, 15) is 0 Å². The van der Waals surface area contributed by atoms with Crippen LogP contribution in [-0.4, -0.2) is 14.2 Å². The van der Waals surface area contributed by atoms with E-state index in [0.29, 0.717) is 0 Å². The van der Waals surface area contributed by atoms with E-state index in [-0.39, 0.29) is 0 Å². The molecule has 0 aromatic heterocycles. The van der Waals surface area contributed by atoms with Gasteiger partial charge in [0.2, 0.25) is 0 Å². The van der Waals surface area contributed by atoms with E-state index in [1.807, 2.05) is 0 Å². The van der Waals surface area contributed by atoms with E-state index in [2.05, 4.69) is 37.5 Å². The Morgan fingerprint density at radius 2 is 1.36 bits per heavy atom. The van der Waals surface area contributed by atoms with E-state index in [0.717, 1.165) is 0 Å². The van der Waals surface area contributed by atoms with Crippen molar-refractivity contribution in [1.82, 2.24) is 0 Å². The van der Waals surface area contributed by atoms with Gasteiger partial charge in [-0.05, 0) is 0 Å². The first kappa shape index (κ1) is 12.5. The summed E-state index contributed by atoms with van der Waals surface area (Å²) in [7, 11) is 0. The molecule has 0 nitrogen and oxygen atoms in total. The molecule has 0 amide bonds. The van der Waals surface area contributed by atoms with Crippen LogP contribution >= 0.6 is 18.7 Å². The summed E-state index contributed by atoms with van der Waals surface area (Å²) in [5.74, 6) is 0. The fourth-order valence-electron chi connectivity index (χ4n) is 0.993. The van der Waals surface area contributed by atoms with E-state index in [1.165, 1.54) is 25.7 Å². The van der Waals surface area contributed by atoms with Crippen molar-refractivity contribution in [3.63, 3.8) is 0 Å². The summed E-state index contributed by atoms with van der Waals surface area (Å²) in [5.41, 5.74) is 0. The molecule has 0 aromatic rings. The molecule has 0 aliphatic rings. The molecule has 0 saturated heterocycles. The van der Waals surface area contributed by atoms with Crippen molar-refractivity contribution in [3.05, 3.63) is 0 Å². The Morgan fingerprint density at radius 3 is 1.64 bits per heavy atom. The minimum absolute atomic E-state index is 1.27. The molecular weight excluding hydrogens is 363 g/mol. The van der Waals surface area contributed by atoms with Gasteiger partial charge >= 0.3 is 86.4 Å². The molecule has 0 atom stereocenters. The number of hydrogen-bond donors (Lipinski definition) is 0. The topological polar surface area (TPSA) is 0 Å². The van der Waals surface area contributed by atoms with Gasteiger partial charge in [0.15, 0.2) is 0 Å². The quantitative estimate of drug-likeness (QED) is 0.464. The maximum atomic E-state index is 2.81. The zero-order valence-electron chi connectivity index (χ0n) is 8.03. The van der Waals surface area contributed by atoms with Crippen LogP contribution < -0.4 is 0 Å². The first-order valence-electron chi connectivity index (χ1n) is 4.55. The third kappa shape index (κ3) is 7.87. The molecule has 0 saturated carbocycles. The Morgan fingerprint density at radius 1 is 1.00 bits per heavy atom. The number of hydrogen-bond acceptors (Lipinski definition) is 0. The van der Waals surface area contributed by atoms with Crippen LogP contribution in [0, 0.1) is 0 Å². The SMILES string of the molecule is CCCC[Te](C)(I)CCCC. The summed E-state index contributed by atoms with van der Waals surface area (Å²) in [6.07, 6.45) is 5.72. The summed E-state index contributed by atoms with van der Waals surface area (Å²) in [5, 5.41) is 0. The van der Waals surface area contributed by atoms with Gasteiger partial charge in [-0.2, -0.15) is 0 Å². The van der Waals surface area contributed by atoms with Gasteiger partial charge in [-0.25, -0.2) is 0 Å². The molecule has 0 N–H and O–H groups in total. The van der Waals surface area contributed by atoms with Gasteiger partial charge in [0.1, 0.15) is 0 Å². The average Bonchev–Trinajstić information content (AvgIpc) is 1.97. The van der Waals surface area contributed by atoms with Crippen LogP contribution in [-0.2, 0) is 0 Å². The predicted molar refractivity (Wildman–Crippen MR) is 65.1 cm³/mol. The number of halogens is 1. The fourth-order valence-corrected chi connectivity index (χ4v) is 10.8. The Hall–Kier alpha value is 1.52. The van der Waals surface area contributed by atoms with Gasteiger partial charge in [-0.3, -0.25) is 0 Å². The van der Waals surface area contributed by atoms with Crippen LogP contribution in [0.3, 0.4) is 0 Å². The summed E-state index contributed by atoms with van der Waals surface area (Å²) in [6.45, 7) is 4.60. The fraction of sp³-hybridized carbons (Fsp3) is 1.00. The number of rotatable bonds is 6. The van der Waals surface area contributed by atoms with Crippen LogP contribution in [0.15, 0.2) is 0 Å². The van der Waals surface area contributed by atoms with Gasteiger partial charge in [0.25, 0.3) is 0 Å². The molecular formula is C9H21ITe. The van der Waals surface area contributed by atoms with E-state index >= 15 is 0 Å². The summed E-state index contributed by atoms with van der Waals surface area (Å²) < 4.78 is 3.17. The second-order valence-electron chi connectivity index (χ2n) is 3.27. The average molecular weight is 384 g/mol. The van der Waals surface area contributed by atoms with Crippen molar-refractivity contribution < 1.29 is 0 Å². The molecule has 0 rings (SSSR count). The third-order valence-electron chi connectivity index (χ3n) is 1.85. The first-order valence-corrected chi connectivity index (χ1v) is 17.0. The van der Waals surface area contributed by atoms with E-state index in [4.69, 9.17) is 0 Å². The summed E-state index contributed by atoms with van der Waals surface area (Å²) >= 11 is 1.54. The number of unbranched alkanes of at least 4 members (excludes halogenated alkanes) is 2. The zero-order chi connectivity index (χ0) is 8.74. The molecule has 0 aliphatic heterocycles. The molecule has 0 aromatic carbocycles. The first-order chi connectivity index (χ1) is 5.12. The van der Waals surface area contributed by atoms with Crippen molar-refractivity contribution in [2.45, 2.75) is 53.4 Å². The van der Waals surface area contributed by atoms with E-state index in [1.54, 1.807) is 8.94 Å². The standard InChI is InChI=1S/C9H21ITe/c1-4-6-8-11(3,10)9-7-5-2/h4-9H2,1-3H3. The van der Waals surface area contributed by atoms with Gasteiger partial charge in [0, 0.05) is 0 Å². The molecule has 70 valence electrons. The van der Waals surface area contributed by atoms with E-state index < -0.39 is 14.2 Å².